The third-order valence-electron chi connectivity index (χ3n) is 4.41. The zero-order valence-electron chi connectivity index (χ0n) is 13.6. The minimum absolute atomic E-state index is 0.336. The lowest BCUT2D eigenvalue weighted by Gasteiger charge is -2.22. The number of aliphatic hydroxyl groups excluding tert-OH is 2. The highest BCUT2D eigenvalue weighted by molar-refractivity contribution is 7.92. The highest BCUT2D eigenvalue weighted by atomic mass is 32.2. The Bertz CT molecular complexity index is 1110. The molecular formula is C17H10F5NO4S. The summed E-state index contributed by atoms with van der Waals surface area (Å²) in [6.45, 7) is 0. The second-order valence-electron chi connectivity index (χ2n) is 6.16. The molecule has 0 bridgehead atoms. The number of rotatable bonds is 2. The fraction of sp³-hybridized carbons (Fsp3) is 0.235. The molecule has 11 heteroatoms. The number of nitrogens with zero attached hydrogens (tertiary/aromatic N) is 1. The van der Waals surface area contributed by atoms with Crippen molar-refractivity contribution in [3.05, 3.63) is 64.2 Å². The number of nitriles is 1. The molecule has 3 atom stereocenters. The molecule has 2 aromatic carbocycles. The van der Waals surface area contributed by atoms with E-state index < -0.39 is 72.3 Å². The van der Waals surface area contributed by atoms with Crippen molar-refractivity contribution in [3.8, 4) is 6.07 Å². The van der Waals surface area contributed by atoms with Crippen LogP contribution < -0.4 is 0 Å². The van der Waals surface area contributed by atoms with Gasteiger partial charge in [-0.05, 0) is 35.9 Å². The molecule has 1 heterocycles. The molecule has 148 valence electrons. The van der Waals surface area contributed by atoms with Crippen molar-refractivity contribution >= 4 is 9.84 Å². The van der Waals surface area contributed by atoms with Crippen molar-refractivity contribution in [1.29, 1.82) is 5.26 Å². The summed E-state index contributed by atoms with van der Waals surface area (Å²) in [7, 11) is -4.62. The summed E-state index contributed by atoms with van der Waals surface area (Å²) < 4.78 is 91.1. The standard InChI is InChI=1S/C17H10F5NO4S/c18-11-4-10-13(5-12(11)19)28(26,27)16(15(10)25)14(24)8-1-7(6-23)2-9(3-8)17(20,21)22/h1-5,14-16,24-25H. The van der Waals surface area contributed by atoms with Crippen LogP contribution in [0.4, 0.5) is 22.0 Å². The van der Waals surface area contributed by atoms with Crippen LogP contribution in [0.3, 0.4) is 0 Å². The van der Waals surface area contributed by atoms with Crippen molar-refractivity contribution in [2.24, 2.45) is 0 Å². The predicted octanol–water partition coefficient (Wildman–Crippen LogP) is 2.78. The summed E-state index contributed by atoms with van der Waals surface area (Å²) in [5.41, 5.74) is -2.91. The van der Waals surface area contributed by atoms with E-state index in [2.05, 4.69) is 0 Å². The molecule has 0 fully saturated rings. The van der Waals surface area contributed by atoms with Gasteiger partial charge >= 0.3 is 6.18 Å². The Morgan fingerprint density at radius 1 is 1.07 bits per heavy atom. The lowest BCUT2D eigenvalue weighted by Crippen LogP contribution is -2.29. The van der Waals surface area contributed by atoms with Gasteiger partial charge in [0.05, 0.1) is 28.2 Å². The van der Waals surface area contributed by atoms with Crippen LogP contribution in [0, 0.1) is 23.0 Å². The Hall–Kier alpha value is -2.55. The molecule has 2 aromatic rings. The first-order valence-corrected chi connectivity index (χ1v) is 9.14. The maximum atomic E-state index is 13.4. The molecule has 0 aromatic heterocycles. The van der Waals surface area contributed by atoms with E-state index in [0.717, 1.165) is 6.07 Å². The van der Waals surface area contributed by atoms with E-state index in [0.29, 0.717) is 24.3 Å². The number of sulfone groups is 1. The first kappa shape index (κ1) is 20.2. The average molecular weight is 419 g/mol. The molecule has 0 spiro atoms. The van der Waals surface area contributed by atoms with E-state index in [1.54, 1.807) is 0 Å². The highest BCUT2D eigenvalue weighted by Gasteiger charge is 2.49. The fourth-order valence-electron chi connectivity index (χ4n) is 3.10. The van der Waals surface area contributed by atoms with E-state index >= 15 is 0 Å². The number of hydrogen-bond acceptors (Lipinski definition) is 5. The maximum absolute atomic E-state index is 13.4. The van der Waals surface area contributed by atoms with Crippen LogP contribution in [-0.4, -0.2) is 23.9 Å². The minimum Gasteiger partial charge on any atom is -0.387 e. The van der Waals surface area contributed by atoms with Crippen molar-refractivity contribution in [3.63, 3.8) is 0 Å². The summed E-state index contributed by atoms with van der Waals surface area (Å²) in [6, 6.07) is 4.05. The molecule has 3 rings (SSSR count). The number of hydrogen-bond donors (Lipinski definition) is 2. The first-order chi connectivity index (χ1) is 12.9. The first-order valence-electron chi connectivity index (χ1n) is 7.59. The number of halogens is 5. The number of aliphatic hydroxyl groups is 2. The van der Waals surface area contributed by atoms with Gasteiger partial charge in [-0.15, -0.1) is 0 Å². The molecule has 0 aliphatic carbocycles. The third-order valence-corrected chi connectivity index (χ3v) is 6.61. The van der Waals surface area contributed by atoms with Gasteiger partial charge in [-0.1, -0.05) is 0 Å². The van der Waals surface area contributed by atoms with Crippen molar-refractivity contribution in [1.82, 2.24) is 0 Å². The van der Waals surface area contributed by atoms with Crippen LogP contribution in [0.1, 0.15) is 34.5 Å². The molecule has 2 N–H and O–H groups in total. The Kier molecular flexibility index (Phi) is 4.69. The Morgan fingerprint density at radius 3 is 2.25 bits per heavy atom. The lowest BCUT2D eigenvalue weighted by molar-refractivity contribution is -0.137. The summed E-state index contributed by atoms with van der Waals surface area (Å²) in [5, 5.41) is 27.5. The maximum Gasteiger partial charge on any atom is 0.416 e. The molecule has 1 aliphatic heterocycles. The van der Waals surface area contributed by atoms with Gasteiger partial charge in [0.2, 0.25) is 0 Å². The van der Waals surface area contributed by atoms with Crippen LogP contribution in [0.2, 0.25) is 0 Å². The SMILES string of the molecule is N#Cc1cc(C(O)C2C(O)c3cc(F)c(F)cc3S2(=O)=O)cc(C(F)(F)F)c1. The van der Waals surface area contributed by atoms with E-state index in [4.69, 9.17) is 5.26 Å². The molecule has 0 saturated heterocycles. The van der Waals surface area contributed by atoms with Gasteiger partial charge in [-0.3, -0.25) is 0 Å². The molecule has 5 nitrogen and oxygen atoms in total. The number of fused-ring (bicyclic) bond motifs is 1. The third kappa shape index (κ3) is 3.13. The van der Waals surface area contributed by atoms with Gasteiger partial charge in [0.25, 0.3) is 0 Å². The normalized spacial score (nSPS) is 21.8. The van der Waals surface area contributed by atoms with Crippen molar-refractivity contribution in [2.45, 2.75) is 28.5 Å². The zero-order chi connectivity index (χ0) is 21.0. The molecular weight excluding hydrogens is 409 g/mol. The van der Waals surface area contributed by atoms with Gasteiger partial charge < -0.3 is 10.2 Å². The van der Waals surface area contributed by atoms with Crippen LogP contribution in [0.5, 0.6) is 0 Å². The molecule has 28 heavy (non-hydrogen) atoms. The summed E-state index contributed by atoms with van der Waals surface area (Å²) in [5.74, 6) is -2.94. The van der Waals surface area contributed by atoms with Gasteiger partial charge in [0.1, 0.15) is 11.4 Å². The summed E-state index contributed by atoms with van der Waals surface area (Å²) in [4.78, 5) is -0.768. The predicted molar refractivity (Wildman–Crippen MR) is 83.4 cm³/mol. The Morgan fingerprint density at radius 2 is 1.68 bits per heavy atom. The highest BCUT2D eigenvalue weighted by Crippen LogP contribution is 2.45. The van der Waals surface area contributed by atoms with Crippen LogP contribution >= 0.6 is 0 Å². The molecule has 0 radical (unpaired) electrons. The van der Waals surface area contributed by atoms with E-state index in [1.165, 1.54) is 6.07 Å². The average Bonchev–Trinajstić information content (AvgIpc) is 2.79. The second kappa shape index (κ2) is 6.51. The summed E-state index contributed by atoms with van der Waals surface area (Å²) >= 11 is 0. The summed E-state index contributed by atoms with van der Waals surface area (Å²) in [6.07, 6.45) is -9.11. The minimum atomic E-state index is -4.89. The van der Waals surface area contributed by atoms with Crippen LogP contribution in [0.25, 0.3) is 0 Å². The van der Waals surface area contributed by atoms with E-state index in [1.807, 2.05) is 0 Å². The second-order valence-corrected chi connectivity index (χ2v) is 8.23. The van der Waals surface area contributed by atoms with Crippen LogP contribution in [0.15, 0.2) is 35.2 Å². The molecule has 3 unspecified atom stereocenters. The monoisotopic (exact) mass is 419 g/mol. The Balaban J connectivity index is 2.14. The molecule has 1 aliphatic rings. The van der Waals surface area contributed by atoms with E-state index in [9.17, 15) is 40.6 Å². The van der Waals surface area contributed by atoms with E-state index in [-0.39, 0.29) is 0 Å². The van der Waals surface area contributed by atoms with Gasteiger partial charge in [0.15, 0.2) is 21.5 Å². The smallest absolute Gasteiger partial charge is 0.387 e. The quantitative estimate of drug-likeness (QED) is 0.576. The molecule has 0 saturated carbocycles. The zero-order valence-corrected chi connectivity index (χ0v) is 14.4. The number of benzene rings is 2. The lowest BCUT2D eigenvalue weighted by atomic mass is 9.95. The van der Waals surface area contributed by atoms with Gasteiger partial charge in [0, 0.05) is 5.56 Å². The van der Waals surface area contributed by atoms with Gasteiger partial charge in [-0.2, -0.15) is 18.4 Å². The van der Waals surface area contributed by atoms with Gasteiger partial charge in [-0.25, -0.2) is 17.2 Å². The molecule has 0 amide bonds. The Labute approximate surface area is 155 Å². The van der Waals surface area contributed by atoms with Crippen molar-refractivity contribution in [2.75, 3.05) is 0 Å². The topological polar surface area (TPSA) is 98.4 Å². The van der Waals surface area contributed by atoms with Crippen molar-refractivity contribution < 1.29 is 40.6 Å². The van der Waals surface area contributed by atoms with Crippen LogP contribution in [-0.2, 0) is 16.0 Å². The fourth-order valence-corrected chi connectivity index (χ4v) is 5.15. The largest absolute Gasteiger partial charge is 0.416 e. The number of alkyl halides is 3.